The fourth-order valence-corrected chi connectivity index (χ4v) is 3.06. The van der Waals surface area contributed by atoms with Gasteiger partial charge in [0, 0.05) is 12.1 Å². The third-order valence-corrected chi connectivity index (χ3v) is 4.38. The predicted octanol–water partition coefficient (Wildman–Crippen LogP) is 3.98. The Morgan fingerprint density at radius 2 is 1.59 bits per heavy atom. The molecule has 0 aliphatic carbocycles. The highest BCUT2D eigenvalue weighted by Crippen LogP contribution is 2.36. The van der Waals surface area contributed by atoms with Gasteiger partial charge in [-0.2, -0.15) is 9.97 Å². The Morgan fingerprint density at radius 3 is 2.33 bits per heavy atom. The Bertz CT molecular complexity index is 996. The van der Waals surface area contributed by atoms with Gasteiger partial charge >= 0.3 is 0 Å². The third-order valence-electron chi connectivity index (χ3n) is 4.38. The number of allylic oxidation sites excluding steroid dienone is 1. The lowest BCUT2D eigenvalue weighted by Gasteiger charge is -2.18. The Balaban J connectivity index is 1.76. The monoisotopic (exact) mass is 356 g/mol. The van der Waals surface area contributed by atoms with Crippen LogP contribution < -0.4 is 16.8 Å². The van der Waals surface area contributed by atoms with Crippen LogP contribution in [0.3, 0.4) is 0 Å². The van der Waals surface area contributed by atoms with E-state index in [4.69, 9.17) is 16.5 Å². The molecule has 1 unspecified atom stereocenters. The molecule has 27 heavy (non-hydrogen) atoms. The number of anilines is 3. The van der Waals surface area contributed by atoms with E-state index in [0.717, 1.165) is 16.8 Å². The van der Waals surface area contributed by atoms with E-state index in [2.05, 4.69) is 27.4 Å². The first-order valence-electron chi connectivity index (χ1n) is 8.74. The lowest BCUT2D eigenvalue weighted by Crippen LogP contribution is -2.14. The minimum atomic E-state index is 0.000299. The number of hydrogen-bond donors (Lipinski definition) is 3. The first kappa shape index (κ1) is 16.8. The molecule has 1 atom stereocenters. The number of nitrogens with zero attached hydrogens (tertiary/aromatic N) is 3. The molecular formula is C21H20N6. The van der Waals surface area contributed by atoms with Crippen molar-refractivity contribution in [2.75, 3.05) is 16.8 Å². The number of nitrogens with one attached hydrogen (secondary N) is 1. The third kappa shape index (κ3) is 3.79. The number of hydrogen-bond acceptors (Lipinski definition) is 6. The van der Waals surface area contributed by atoms with Crippen LogP contribution in [0.1, 0.15) is 23.6 Å². The van der Waals surface area contributed by atoms with Crippen LogP contribution >= 0.6 is 0 Å². The standard InChI is InChI=1S/C21H20N6/c22-19-18-20(27-21(23)26-19)25-17(15-9-5-2-6-10-15)13-16(24-18)12-11-14-7-3-1-4-8-14/h1-12,17H,13H2,(H5,22,23,25,26,27)/b12-11+. The van der Waals surface area contributed by atoms with Crippen molar-refractivity contribution < 1.29 is 0 Å². The van der Waals surface area contributed by atoms with Gasteiger partial charge in [0.05, 0.1) is 6.04 Å². The van der Waals surface area contributed by atoms with Gasteiger partial charge in [0.1, 0.15) is 5.69 Å². The largest absolute Gasteiger partial charge is 0.382 e. The molecule has 0 amide bonds. The highest BCUT2D eigenvalue weighted by atomic mass is 15.1. The second-order valence-corrected chi connectivity index (χ2v) is 6.32. The van der Waals surface area contributed by atoms with Gasteiger partial charge in [0.25, 0.3) is 0 Å². The number of benzene rings is 2. The van der Waals surface area contributed by atoms with Crippen molar-refractivity contribution in [3.05, 3.63) is 77.9 Å². The summed E-state index contributed by atoms with van der Waals surface area (Å²) in [6, 6.07) is 20.3. The highest BCUT2D eigenvalue weighted by Gasteiger charge is 2.22. The molecular weight excluding hydrogens is 336 g/mol. The summed E-state index contributed by atoms with van der Waals surface area (Å²) in [5, 5.41) is 3.43. The van der Waals surface area contributed by atoms with E-state index in [9.17, 15) is 0 Å². The van der Waals surface area contributed by atoms with Crippen molar-refractivity contribution in [2.24, 2.45) is 4.99 Å². The zero-order chi connectivity index (χ0) is 18.6. The van der Waals surface area contributed by atoms with Gasteiger partial charge in [-0.25, -0.2) is 4.99 Å². The van der Waals surface area contributed by atoms with Gasteiger partial charge < -0.3 is 16.8 Å². The van der Waals surface area contributed by atoms with Crippen molar-refractivity contribution in [3.63, 3.8) is 0 Å². The molecule has 1 aliphatic heterocycles. The number of fused-ring (bicyclic) bond motifs is 1. The zero-order valence-corrected chi connectivity index (χ0v) is 14.7. The molecule has 0 fully saturated rings. The van der Waals surface area contributed by atoms with Crippen molar-refractivity contribution >= 4 is 35.1 Å². The quantitative estimate of drug-likeness (QED) is 0.659. The molecule has 3 aromatic rings. The Morgan fingerprint density at radius 1 is 0.889 bits per heavy atom. The van der Waals surface area contributed by atoms with Crippen LogP contribution in [0.15, 0.2) is 71.7 Å². The first-order chi connectivity index (χ1) is 13.2. The summed E-state index contributed by atoms with van der Waals surface area (Å²) in [7, 11) is 0. The van der Waals surface area contributed by atoms with Crippen LogP contribution in [0.25, 0.3) is 6.08 Å². The van der Waals surface area contributed by atoms with Gasteiger partial charge in [-0.05, 0) is 17.2 Å². The van der Waals surface area contributed by atoms with Crippen LogP contribution in [0.2, 0.25) is 0 Å². The molecule has 4 rings (SSSR count). The summed E-state index contributed by atoms with van der Waals surface area (Å²) in [5.41, 5.74) is 15.5. The van der Waals surface area contributed by atoms with Crippen LogP contribution in [0, 0.1) is 0 Å². The van der Waals surface area contributed by atoms with Crippen molar-refractivity contribution in [1.82, 2.24) is 9.97 Å². The molecule has 2 aromatic carbocycles. The summed E-state index contributed by atoms with van der Waals surface area (Å²) in [5.74, 6) is 0.949. The van der Waals surface area contributed by atoms with Crippen LogP contribution in [0.4, 0.5) is 23.3 Å². The summed E-state index contributed by atoms with van der Waals surface area (Å²) >= 11 is 0. The molecule has 0 radical (unpaired) electrons. The molecule has 0 saturated carbocycles. The molecule has 134 valence electrons. The summed E-state index contributed by atoms with van der Waals surface area (Å²) in [6.07, 6.45) is 4.74. The molecule has 0 saturated heterocycles. The number of aromatic nitrogens is 2. The maximum Gasteiger partial charge on any atom is 0.224 e. The average Bonchev–Trinajstić information content (AvgIpc) is 2.87. The second kappa shape index (κ2) is 7.29. The lowest BCUT2D eigenvalue weighted by atomic mass is 10.0. The van der Waals surface area contributed by atoms with Gasteiger partial charge in [-0.15, -0.1) is 0 Å². The van der Waals surface area contributed by atoms with E-state index in [1.807, 2.05) is 60.7 Å². The zero-order valence-electron chi connectivity index (χ0n) is 14.7. The molecule has 0 spiro atoms. The van der Waals surface area contributed by atoms with Crippen molar-refractivity contribution in [1.29, 1.82) is 0 Å². The van der Waals surface area contributed by atoms with Crippen LogP contribution in [0.5, 0.6) is 0 Å². The van der Waals surface area contributed by atoms with Crippen LogP contribution in [-0.2, 0) is 0 Å². The fraction of sp³-hybridized carbons (Fsp3) is 0.0952. The van der Waals surface area contributed by atoms with Gasteiger partial charge in [-0.1, -0.05) is 66.7 Å². The normalized spacial score (nSPS) is 16.3. The predicted molar refractivity (Wildman–Crippen MR) is 111 cm³/mol. The second-order valence-electron chi connectivity index (χ2n) is 6.32. The van der Waals surface area contributed by atoms with Gasteiger partial charge in [0.2, 0.25) is 5.95 Å². The van der Waals surface area contributed by atoms with Gasteiger partial charge in [0.15, 0.2) is 11.6 Å². The number of nitrogens with two attached hydrogens (primary N) is 2. The van der Waals surface area contributed by atoms with Crippen LogP contribution in [-0.4, -0.2) is 15.7 Å². The Hall–Kier alpha value is -3.67. The smallest absolute Gasteiger partial charge is 0.224 e. The van der Waals surface area contributed by atoms with Crippen molar-refractivity contribution in [2.45, 2.75) is 12.5 Å². The minimum absolute atomic E-state index is 0.000299. The molecule has 6 heteroatoms. The molecule has 2 heterocycles. The average molecular weight is 356 g/mol. The fourth-order valence-electron chi connectivity index (χ4n) is 3.06. The first-order valence-corrected chi connectivity index (χ1v) is 8.74. The lowest BCUT2D eigenvalue weighted by molar-refractivity contribution is 0.823. The maximum absolute atomic E-state index is 6.06. The summed E-state index contributed by atoms with van der Waals surface area (Å²) < 4.78 is 0. The minimum Gasteiger partial charge on any atom is -0.382 e. The van der Waals surface area contributed by atoms with E-state index in [0.29, 0.717) is 17.9 Å². The van der Waals surface area contributed by atoms with E-state index in [1.54, 1.807) is 0 Å². The highest BCUT2D eigenvalue weighted by molar-refractivity contribution is 6.02. The Labute approximate surface area is 157 Å². The van der Waals surface area contributed by atoms with Gasteiger partial charge in [-0.3, -0.25) is 0 Å². The molecule has 1 aromatic heterocycles. The maximum atomic E-state index is 6.06. The van der Waals surface area contributed by atoms with E-state index >= 15 is 0 Å². The summed E-state index contributed by atoms with van der Waals surface area (Å²) in [4.78, 5) is 13.1. The van der Waals surface area contributed by atoms with E-state index in [1.165, 1.54) is 0 Å². The number of nitrogen functional groups attached to an aromatic ring is 2. The Kier molecular flexibility index (Phi) is 4.53. The molecule has 1 aliphatic rings. The van der Waals surface area contributed by atoms with E-state index < -0.39 is 0 Å². The molecule has 5 N–H and O–H groups in total. The topological polar surface area (TPSA) is 102 Å². The van der Waals surface area contributed by atoms with E-state index in [-0.39, 0.29) is 17.8 Å². The number of rotatable bonds is 3. The molecule has 0 bridgehead atoms. The SMILES string of the molecule is Nc1nc(N)c2c(n1)NC(c1ccccc1)CC(/C=C/c1ccccc1)=N2. The number of aliphatic imine (C=N–C) groups is 1. The molecule has 6 nitrogen and oxygen atoms in total. The summed E-state index contributed by atoms with van der Waals surface area (Å²) in [6.45, 7) is 0. The van der Waals surface area contributed by atoms with Crippen molar-refractivity contribution in [3.8, 4) is 0 Å².